The standard InChI is InChI=1S/C16H23N3O2/c1-12(15(21)17-10-16(2,3)8-9-20)19-11-18-13-6-4-5-7-14(13)19/h4-7,11-12,20H,8-10H2,1-3H3,(H,17,21). The number of carbonyl (C=O) groups is 1. The van der Waals surface area contributed by atoms with Crippen molar-refractivity contribution < 1.29 is 9.90 Å². The van der Waals surface area contributed by atoms with Crippen LogP contribution in [0.3, 0.4) is 0 Å². The van der Waals surface area contributed by atoms with Crippen LogP contribution in [0, 0.1) is 5.41 Å². The van der Waals surface area contributed by atoms with E-state index in [1.54, 1.807) is 6.33 Å². The number of aromatic nitrogens is 2. The fraction of sp³-hybridized carbons (Fsp3) is 0.500. The van der Waals surface area contributed by atoms with Gasteiger partial charge in [0.05, 0.1) is 17.4 Å². The number of nitrogens with one attached hydrogen (secondary N) is 1. The van der Waals surface area contributed by atoms with Gasteiger partial charge in [0.25, 0.3) is 0 Å². The Balaban J connectivity index is 2.06. The summed E-state index contributed by atoms with van der Waals surface area (Å²) in [6, 6.07) is 7.45. The van der Waals surface area contributed by atoms with Crippen molar-refractivity contribution in [3.63, 3.8) is 0 Å². The lowest BCUT2D eigenvalue weighted by molar-refractivity contribution is -0.124. The van der Waals surface area contributed by atoms with Crippen molar-refractivity contribution in [1.82, 2.24) is 14.9 Å². The highest BCUT2D eigenvalue weighted by atomic mass is 16.3. The summed E-state index contributed by atoms with van der Waals surface area (Å²) in [6.45, 7) is 6.60. The third kappa shape index (κ3) is 3.61. The molecule has 0 saturated carbocycles. The fourth-order valence-electron chi connectivity index (χ4n) is 2.28. The summed E-state index contributed by atoms with van der Waals surface area (Å²) in [5.41, 5.74) is 1.73. The fourth-order valence-corrected chi connectivity index (χ4v) is 2.28. The molecule has 0 aliphatic carbocycles. The van der Waals surface area contributed by atoms with Gasteiger partial charge in [0, 0.05) is 13.2 Å². The summed E-state index contributed by atoms with van der Waals surface area (Å²) in [5.74, 6) is -0.0378. The SMILES string of the molecule is CC(C(=O)NCC(C)(C)CCO)n1cnc2ccccc21. The van der Waals surface area contributed by atoms with E-state index in [0.717, 1.165) is 11.0 Å². The Morgan fingerprint density at radius 3 is 2.86 bits per heavy atom. The monoisotopic (exact) mass is 289 g/mol. The Morgan fingerprint density at radius 2 is 2.14 bits per heavy atom. The van der Waals surface area contributed by atoms with Crippen LogP contribution in [0.1, 0.15) is 33.2 Å². The summed E-state index contributed by atoms with van der Waals surface area (Å²) in [5, 5.41) is 12.0. The van der Waals surface area contributed by atoms with Crippen molar-refractivity contribution in [3.8, 4) is 0 Å². The topological polar surface area (TPSA) is 67.2 Å². The number of hydrogen-bond donors (Lipinski definition) is 2. The van der Waals surface area contributed by atoms with Crippen LogP contribution >= 0.6 is 0 Å². The minimum Gasteiger partial charge on any atom is -0.396 e. The number of amides is 1. The van der Waals surface area contributed by atoms with Gasteiger partial charge in [0.1, 0.15) is 6.04 Å². The van der Waals surface area contributed by atoms with Gasteiger partial charge in [-0.2, -0.15) is 0 Å². The minimum atomic E-state index is -0.317. The molecule has 0 radical (unpaired) electrons. The normalized spacial score (nSPS) is 13.3. The summed E-state index contributed by atoms with van der Waals surface area (Å²) in [7, 11) is 0. The number of carbonyl (C=O) groups excluding carboxylic acids is 1. The summed E-state index contributed by atoms with van der Waals surface area (Å²) < 4.78 is 1.88. The molecule has 5 heteroatoms. The molecular formula is C16H23N3O2. The number of benzene rings is 1. The van der Waals surface area contributed by atoms with Gasteiger partial charge >= 0.3 is 0 Å². The predicted molar refractivity (Wildman–Crippen MR) is 82.9 cm³/mol. The van der Waals surface area contributed by atoms with E-state index in [4.69, 9.17) is 5.11 Å². The second kappa shape index (κ2) is 6.26. The molecule has 0 saturated heterocycles. The molecule has 1 amide bonds. The summed E-state index contributed by atoms with van der Waals surface area (Å²) >= 11 is 0. The molecule has 0 aliphatic heterocycles. The first kappa shape index (κ1) is 15.5. The zero-order valence-electron chi connectivity index (χ0n) is 12.8. The van der Waals surface area contributed by atoms with E-state index < -0.39 is 0 Å². The zero-order chi connectivity index (χ0) is 15.5. The maximum absolute atomic E-state index is 12.3. The largest absolute Gasteiger partial charge is 0.396 e. The third-order valence-electron chi connectivity index (χ3n) is 3.81. The van der Waals surface area contributed by atoms with E-state index in [1.807, 2.05) is 49.6 Å². The lowest BCUT2D eigenvalue weighted by Gasteiger charge is -2.25. The van der Waals surface area contributed by atoms with E-state index in [2.05, 4.69) is 10.3 Å². The second-order valence-corrected chi connectivity index (χ2v) is 6.17. The highest BCUT2D eigenvalue weighted by Crippen LogP contribution is 2.20. The number of rotatable bonds is 6. The molecule has 0 fully saturated rings. The molecule has 2 aromatic rings. The van der Waals surface area contributed by atoms with Crippen LogP contribution in [0.15, 0.2) is 30.6 Å². The number of imidazole rings is 1. The molecule has 5 nitrogen and oxygen atoms in total. The molecule has 0 spiro atoms. The number of nitrogens with zero attached hydrogens (tertiary/aromatic N) is 2. The first-order valence-corrected chi connectivity index (χ1v) is 7.25. The maximum atomic E-state index is 12.3. The lowest BCUT2D eigenvalue weighted by atomic mass is 9.89. The van der Waals surface area contributed by atoms with Gasteiger partial charge < -0.3 is 15.0 Å². The Bertz CT molecular complexity index is 619. The van der Waals surface area contributed by atoms with Gasteiger partial charge in [-0.05, 0) is 30.9 Å². The van der Waals surface area contributed by atoms with E-state index in [-0.39, 0.29) is 24.0 Å². The van der Waals surface area contributed by atoms with Gasteiger partial charge in [-0.3, -0.25) is 4.79 Å². The zero-order valence-corrected chi connectivity index (χ0v) is 12.8. The van der Waals surface area contributed by atoms with E-state index in [0.29, 0.717) is 13.0 Å². The summed E-state index contributed by atoms with van der Waals surface area (Å²) in [4.78, 5) is 16.6. The quantitative estimate of drug-likeness (QED) is 0.856. The molecule has 2 N–H and O–H groups in total. The van der Waals surface area contributed by atoms with Crippen LogP contribution in [0.5, 0.6) is 0 Å². The molecule has 21 heavy (non-hydrogen) atoms. The second-order valence-electron chi connectivity index (χ2n) is 6.17. The van der Waals surface area contributed by atoms with Crippen molar-refractivity contribution in [1.29, 1.82) is 0 Å². The molecule has 0 bridgehead atoms. The van der Waals surface area contributed by atoms with Crippen LogP contribution in [0.25, 0.3) is 11.0 Å². The highest BCUT2D eigenvalue weighted by molar-refractivity contribution is 5.83. The molecular weight excluding hydrogens is 266 g/mol. The lowest BCUT2D eigenvalue weighted by Crippen LogP contribution is -2.38. The van der Waals surface area contributed by atoms with Crippen LogP contribution in [0.4, 0.5) is 0 Å². The first-order valence-electron chi connectivity index (χ1n) is 7.25. The first-order chi connectivity index (χ1) is 9.94. The average molecular weight is 289 g/mol. The third-order valence-corrected chi connectivity index (χ3v) is 3.81. The molecule has 1 aromatic carbocycles. The van der Waals surface area contributed by atoms with Crippen LogP contribution < -0.4 is 5.32 Å². The summed E-state index contributed by atoms with van der Waals surface area (Å²) in [6.07, 6.45) is 2.36. The molecule has 0 aliphatic rings. The number of fused-ring (bicyclic) bond motifs is 1. The van der Waals surface area contributed by atoms with E-state index >= 15 is 0 Å². The average Bonchev–Trinajstić information content (AvgIpc) is 2.88. The van der Waals surface area contributed by atoms with Crippen molar-refractivity contribution in [2.24, 2.45) is 5.41 Å². The van der Waals surface area contributed by atoms with Crippen LogP contribution in [0.2, 0.25) is 0 Å². The van der Waals surface area contributed by atoms with Gasteiger partial charge in [0.15, 0.2) is 0 Å². The number of aliphatic hydroxyl groups excluding tert-OH is 1. The number of hydrogen-bond acceptors (Lipinski definition) is 3. The van der Waals surface area contributed by atoms with Gasteiger partial charge in [-0.25, -0.2) is 4.98 Å². The molecule has 1 atom stereocenters. The highest BCUT2D eigenvalue weighted by Gasteiger charge is 2.21. The molecule has 114 valence electrons. The Hall–Kier alpha value is -1.88. The van der Waals surface area contributed by atoms with Crippen molar-refractivity contribution in [2.45, 2.75) is 33.2 Å². The Kier molecular flexibility index (Phi) is 4.63. The predicted octanol–water partition coefficient (Wildman–Crippen LogP) is 2.12. The van der Waals surface area contributed by atoms with Gasteiger partial charge in [-0.15, -0.1) is 0 Å². The van der Waals surface area contributed by atoms with Crippen LogP contribution in [-0.2, 0) is 4.79 Å². The Morgan fingerprint density at radius 1 is 1.43 bits per heavy atom. The van der Waals surface area contributed by atoms with E-state index in [1.165, 1.54) is 0 Å². The molecule has 1 heterocycles. The molecule has 1 aromatic heterocycles. The van der Waals surface area contributed by atoms with Crippen molar-refractivity contribution >= 4 is 16.9 Å². The Labute approximate surface area is 125 Å². The van der Waals surface area contributed by atoms with E-state index in [9.17, 15) is 4.79 Å². The number of para-hydroxylation sites is 2. The smallest absolute Gasteiger partial charge is 0.242 e. The maximum Gasteiger partial charge on any atom is 0.242 e. The molecule has 1 unspecified atom stereocenters. The van der Waals surface area contributed by atoms with Crippen LogP contribution in [-0.4, -0.2) is 33.7 Å². The van der Waals surface area contributed by atoms with Crippen molar-refractivity contribution in [3.05, 3.63) is 30.6 Å². The minimum absolute atomic E-state index is 0.0378. The molecule has 2 rings (SSSR count). The van der Waals surface area contributed by atoms with Gasteiger partial charge in [-0.1, -0.05) is 26.0 Å². The van der Waals surface area contributed by atoms with Crippen molar-refractivity contribution in [2.75, 3.05) is 13.2 Å². The number of aliphatic hydroxyl groups is 1. The van der Waals surface area contributed by atoms with Gasteiger partial charge in [0.2, 0.25) is 5.91 Å².